The Labute approximate surface area is 114 Å². The van der Waals surface area contributed by atoms with Crippen LogP contribution >= 0.6 is 27.5 Å². The lowest BCUT2D eigenvalue weighted by Crippen LogP contribution is -2.17. The molecule has 0 unspecified atom stereocenters. The van der Waals surface area contributed by atoms with Gasteiger partial charge in [0.25, 0.3) is 0 Å². The van der Waals surface area contributed by atoms with Gasteiger partial charge in [-0.15, -0.1) is 0 Å². The molecule has 1 aromatic heterocycles. The minimum absolute atomic E-state index is 0.456. The third-order valence-electron chi connectivity index (χ3n) is 2.34. The van der Waals surface area contributed by atoms with Gasteiger partial charge in [-0.3, -0.25) is 0 Å². The predicted octanol–water partition coefficient (Wildman–Crippen LogP) is 3.53. The molecule has 0 aliphatic rings. The van der Waals surface area contributed by atoms with Gasteiger partial charge in [0.05, 0.1) is 0 Å². The van der Waals surface area contributed by atoms with Crippen molar-refractivity contribution in [3.05, 3.63) is 51.8 Å². The largest absolute Gasteiger partial charge is 0.355 e. The Morgan fingerprint density at radius 2 is 1.94 bits per heavy atom. The third kappa shape index (κ3) is 3.41. The van der Waals surface area contributed by atoms with Crippen LogP contribution in [0.15, 0.2) is 41.1 Å². The van der Waals surface area contributed by atoms with E-state index in [1.807, 2.05) is 24.1 Å². The normalized spacial score (nSPS) is 10.3. The molecule has 2 aromatic rings. The Balaban J connectivity index is 2.11. The average molecular weight is 313 g/mol. The molecule has 0 saturated carbocycles. The van der Waals surface area contributed by atoms with Crippen LogP contribution in [-0.4, -0.2) is 17.0 Å². The molecule has 1 aromatic carbocycles. The maximum Gasteiger partial charge on any atom is 0.134 e. The monoisotopic (exact) mass is 311 g/mol. The number of benzene rings is 1. The van der Waals surface area contributed by atoms with Crippen LogP contribution < -0.4 is 4.90 Å². The first-order valence-electron chi connectivity index (χ1n) is 5.08. The van der Waals surface area contributed by atoms with Crippen LogP contribution in [0.4, 0.5) is 5.82 Å². The zero-order chi connectivity index (χ0) is 12.3. The molecule has 0 spiro atoms. The van der Waals surface area contributed by atoms with E-state index >= 15 is 0 Å². The number of hydrogen-bond acceptors (Lipinski definition) is 3. The molecule has 3 nitrogen and oxygen atoms in total. The average Bonchev–Trinajstić information content (AvgIpc) is 2.32. The van der Waals surface area contributed by atoms with Crippen molar-refractivity contribution < 1.29 is 0 Å². The SMILES string of the molecule is CN(Cc1ccc(Br)cc1)c1cc(Cl)ncn1. The lowest BCUT2D eigenvalue weighted by atomic mass is 10.2. The zero-order valence-electron chi connectivity index (χ0n) is 9.27. The first kappa shape index (κ1) is 12.3. The molecule has 0 saturated heterocycles. The number of rotatable bonds is 3. The van der Waals surface area contributed by atoms with Gasteiger partial charge in [0.15, 0.2) is 0 Å². The first-order chi connectivity index (χ1) is 8.15. The topological polar surface area (TPSA) is 29.0 Å². The van der Waals surface area contributed by atoms with E-state index < -0.39 is 0 Å². The third-order valence-corrected chi connectivity index (χ3v) is 3.08. The van der Waals surface area contributed by atoms with Crippen molar-refractivity contribution in [3.8, 4) is 0 Å². The summed E-state index contributed by atoms with van der Waals surface area (Å²) in [4.78, 5) is 10.1. The van der Waals surface area contributed by atoms with Crippen molar-refractivity contribution in [1.82, 2.24) is 9.97 Å². The summed E-state index contributed by atoms with van der Waals surface area (Å²) in [7, 11) is 1.97. The van der Waals surface area contributed by atoms with Gasteiger partial charge in [0.1, 0.15) is 17.3 Å². The molecule has 0 atom stereocenters. The Kier molecular flexibility index (Phi) is 3.97. The van der Waals surface area contributed by atoms with Crippen molar-refractivity contribution >= 4 is 33.3 Å². The fourth-order valence-corrected chi connectivity index (χ4v) is 1.88. The minimum atomic E-state index is 0.456. The highest BCUT2D eigenvalue weighted by molar-refractivity contribution is 9.10. The van der Waals surface area contributed by atoms with Crippen molar-refractivity contribution in [3.63, 3.8) is 0 Å². The van der Waals surface area contributed by atoms with Crippen molar-refractivity contribution in [2.75, 3.05) is 11.9 Å². The van der Waals surface area contributed by atoms with Crippen molar-refractivity contribution in [2.45, 2.75) is 6.54 Å². The van der Waals surface area contributed by atoms with Gasteiger partial charge in [-0.25, -0.2) is 9.97 Å². The molecule has 0 N–H and O–H groups in total. The maximum absolute atomic E-state index is 5.83. The van der Waals surface area contributed by atoms with Gasteiger partial charge < -0.3 is 4.90 Å². The number of anilines is 1. The van der Waals surface area contributed by atoms with Gasteiger partial charge in [0, 0.05) is 24.1 Å². The van der Waals surface area contributed by atoms with Crippen molar-refractivity contribution in [2.24, 2.45) is 0 Å². The van der Waals surface area contributed by atoms with Crippen LogP contribution in [-0.2, 0) is 6.54 Å². The number of nitrogens with zero attached hydrogens (tertiary/aromatic N) is 3. The van der Waals surface area contributed by atoms with E-state index in [4.69, 9.17) is 11.6 Å². The summed E-state index contributed by atoms with van der Waals surface area (Å²) >= 11 is 9.24. The Hall–Kier alpha value is -1.13. The lowest BCUT2D eigenvalue weighted by Gasteiger charge is -2.18. The second-order valence-corrected chi connectivity index (χ2v) is 4.98. The van der Waals surface area contributed by atoms with E-state index in [-0.39, 0.29) is 0 Å². The van der Waals surface area contributed by atoms with Crippen molar-refractivity contribution in [1.29, 1.82) is 0 Å². The number of aromatic nitrogens is 2. The fraction of sp³-hybridized carbons (Fsp3) is 0.167. The predicted molar refractivity (Wildman–Crippen MR) is 73.3 cm³/mol. The van der Waals surface area contributed by atoms with E-state index in [0.29, 0.717) is 5.15 Å². The zero-order valence-corrected chi connectivity index (χ0v) is 11.6. The summed E-state index contributed by atoms with van der Waals surface area (Å²) in [5.74, 6) is 0.813. The smallest absolute Gasteiger partial charge is 0.134 e. The Morgan fingerprint density at radius 1 is 1.24 bits per heavy atom. The van der Waals surface area contributed by atoms with Gasteiger partial charge in [-0.05, 0) is 17.7 Å². The second-order valence-electron chi connectivity index (χ2n) is 3.68. The van der Waals surface area contributed by atoms with Gasteiger partial charge in [-0.1, -0.05) is 39.7 Å². The van der Waals surface area contributed by atoms with Crippen LogP contribution in [0, 0.1) is 0 Å². The molecule has 5 heteroatoms. The van der Waals surface area contributed by atoms with Crippen LogP contribution in [0.1, 0.15) is 5.56 Å². The number of halogens is 2. The molecule has 1 heterocycles. The molecule has 17 heavy (non-hydrogen) atoms. The van der Waals surface area contributed by atoms with Gasteiger partial charge >= 0.3 is 0 Å². The highest BCUT2D eigenvalue weighted by Gasteiger charge is 2.04. The second kappa shape index (κ2) is 5.47. The molecule has 0 aliphatic carbocycles. The molecule has 0 bridgehead atoms. The summed E-state index contributed by atoms with van der Waals surface area (Å²) in [6, 6.07) is 9.94. The highest BCUT2D eigenvalue weighted by Crippen LogP contribution is 2.16. The molecular weight excluding hydrogens is 302 g/mol. The first-order valence-corrected chi connectivity index (χ1v) is 6.25. The molecule has 0 amide bonds. The molecule has 0 fully saturated rings. The quantitative estimate of drug-likeness (QED) is 0.812. The Bertz CT molecular complexity index is 501. The summed E-state index contributed by atoms with van der Waals surface area (Å²) in [5.41, 5.74) is 1.21. The van der Waals surface area contributed by atoms with Gasteiger partial charge in [0.2, 0.25) is 0 Å². The number of hydrogen-bond donors (Lipinski definition) is 0. The lowest BCUT2D eigenvalue weighted by molar-refractivity contribution is 0.891. The van der Waals surface area contributed by atoms with Gasteiger partial charge in [-0.2, -0.15) is 0 Å². The van der Waals surface area contributed by atoms with E-state index in [9.17, 15) is 0 Å². The summed E-state index contributed by atoms with van der Waals surface area (Å²) in [6.07, 6.45) is 1.47. The standard InChI is InChI=1S/C12H11BrClN3/c1-17(12-6-11(14)15-8-16-12)7-9-2-4-10(13)5-3-9/h2-6,8H,7H2,1H3. The van der Waals surface area contributed by atoms with E-state index in [1.165, 1.54) is 11.9 Å². The highest BCUT2D eigenvalue weighted by atomic mass is 79.9. The maximum atomic E-state index is 5.83. The molecule has 2 rings (SSSR count). The van der Waals surface area contributed by atoms with Crippen LogP contribution in [0.3, 0.4) is 0 Å². The molecular formula is C12H11BrClN3. The van der Waals surface area contributed by atoms with E-state index in [0.717, 1.165) is 16.8 Å². The van der Waals surface area contributed by atoms with E-state index in [1.54, 1.807) is 6.07 Å². The summed E-state index contributed by atoms with van der Waals surface area (Å²) in [5, 5.41) is 0.456. The summed E-state index contributed by atoms with van der Waals surface area (Å²) < 4.78 is 1.08. The van der Waals surface area contributed by atoms with Crippen LogP contribution in [0.2, 0.25) is 5.15 Å². The van der Waals surface area contributed by atoms with Crippen LogP contribution in [0.5, 0.6) is 0 Å². The molecule has 0 radical (unpaired) electrons. The fourth-order valence-electron chi connectivity index (χ4n) is 1.48. The summed E-state index contributed by atoms with van der Waals surface area (Å²) in [6.45, 7) is 0.778. The Morgan fingerprint density at radius 3 is 2.59 bits per heavy atom. The molecule has 0 aliphatic heterocycles. The molecule has 88 valence electrons. The van der Waals surface area contributed by atoms with Crippen LogP contribution in [0.25, 0.3) is 0 Å². The minimum Gasteiger partial charge on any atom is -0.355 e. The van der Waals surface area contributed by atoms with E-state index in [2.05, 4.69) is 38.0 Å².